The number of halogens is 1. The Hall–Kier alpha value is -3.20. The van der Waals surface area contributed by atoms with Crippen LogP contribution in [0.25, 0.3) is 21.5 Å². The summed E-state index contributed by atoms with van der Waals surface area (Å²) in [6.07, 6.45) is 2.06. The number of fused-ring (bicyclic) bond motifs is 1. The molecule has 0 radical (unpaired) electrons. The normalized spacial score (nSPS) is 17.4. The van der Waals surface area contributed by atoms with Crippen molar-refractivity contribution in [1.82, 2.24) is 9.97 Å². The lowest BCUT2D eigenvalue weighted by molar-refractivity contribution is -0.138. The van der Waals surface area contributed by atoms with Crippen molar-refractivity contribution in [2.75, 3.05) is 11.9 Å². The number of aromatic nitrogens is 2. The van der Waals surface area contributed by atoms with Crippen molar-refractivity contribution in [2.45, 2.75) is 32.2 Å². The molecular formula is C25H22FN3O3S. The molecule has 0 bridgehead atoms. The fourth-order valence-corrected chi connectivity index (χ4v) is 4.66. The van der Waals surface area contributed by atoms with Gasteiger partial charge in [0.05, 0.1) is 22.9 Å². The molecule has 168 valence electrons. The Balaban J connectivity index is 1.27. The molecule has 1 aliphatic rings. The van der Waals surface area contributed by atoms with Gasteiger partial charge in [0, 0.05) is 23.7 Å². The fraction of sp³-hybridized carbons (Fsp3) is 0.240. The molecule has 1 atom stereocenters. The number of pyridine rings is 1. The number of carbonyl (C=O) groups is 1. The molecule has 5 rings (SSSR count). The number of thiazole rings is 1. The minimum absolute atomic E-state index is 0.125. The molecule has 0 spiro atoms. The number of hydrogen-bond donors (Lipinski definition) is 1. The molecule has 2 aromatic carbocycles. The van der Waals surface area contributed by atoms with Gasteiger partial charge in [-0.25, -0.2) is 9.37 Å². The second-order valence-electron chi connectivity index (χ2n) is 8.35. The number of carbonyl (C=O) groups excluding carboxylic acids is 1. The number of rotatable bonds is 5. The number of anilines is 1. The van der Waals surface area contributed by atoms with Crippen LogP contribution >= 0.6 is 11.3 Å². The highest BCUT2D eigenvalue weighted by Gasteiger charge is 2.32. The maximum atomic E-state index is 14.8. The Kier molecular flexibility index (Phi) is 5.65. The zero-order valence-electron chi connectivity index (χ0n) is 18.2. The first-order chi connectivity index (χ1) is 15.9. The smallest absolute Gasteiger partial charge is 0.257 e. The lowest BCUT2D eigenvalue weighted by atomic mass is 10.1. The molecule has 1 amide bonds. The Bertz CT molecular complexity index is 1290. The molecule has 1 fully saturated rings. The van der Waals surface area contributed by atoms with Gasteiger partial charge in [0.2, 0.25) is 0 Å². The quantitative estimate of drug-likeness (QED) is 0.426. The maximum absolute atomic E-state index is 14.8. The molecule has 4 aromatic rings. The van der Waals surface area contributed by atoms with Crippen molar-refractivity contribution >= 4 is 32.6 Å². The van der Waals surface area contributed by atoms with Gasteiger partial charge >= 0.3 is 0 Å². The Morgan fingerprint density at radius 1 is 1.21 bits per heavy atom. The molecule has 3 heterocycles. The van der Waals surface area contributed by atoms with Crippen LogP contribution in [0.2, 0.25) is 0 Å². The molecule has 6 nitrogen and oxygen atoms in total. The van der Waals surface area contributed by atoms with Crippen LogP contribution in [0.5, 0.6) is 0 Å². The van der Waals surface area contributed by atoms with Crippen LogP contribution in [-0.4, -0.2) is 34.4 Å². The van der Waals surface area contributed by atoms with Crippen molar-refractivity contribution in [3.05, 3.63) is 77.7 Å². The summed E-state index contributed by atoms with van der Waals surface area (Å²) in [5.74, 6) is -1.30. The van der Waals surface area contributed by atoms with Crippen molar-refractivity contribution in [3.63, 3.8) is 0 Å². The first-order valence-electron chi connectivity index (χ1n) is 10.6. The van der Waals surface area contributed by atoms with Crippen LogP contribution in [0.4, 0.5) is 9.52 Å². The van der Waals surface area contributed by atoms with E-state index in [4.69, 9.17) is 9.47 Å². The van der Waals surface area contributed by atoms with E-state index in [1.807, 2.05) is 38.1 Å². The number of amides is 1. The molecule has 0 aliphatic carbocycles. The highest BCUT2D eigenvalue weighted by molar-refractivity contribution is 7.22. The molecule has 0 unspecified atom stereocenters. The predicted octanol–water partition coefficient (Wildman–Crippen LogP) is 5.44. The number of para-hydroxylation sites is 1. The number of hydrogen-bond acceptors (Lipinski definition) is 6. The van der Waals surface area contributed by atoms with E-state index in [0.29, 0.717) is 29.3 Å². The topological polar surface area (TPSA) is 73.3 Å². The van der Waals surface area contributed by atoms with Crippen molar-refractivity contribution in [3.8, 4) is 11.3 Å². The van der Waals surface area contributed by atoms with E-state index in [2.05, 4.69) is 15.3 Å². The van der Waals surface area contributed by atoms with E-state index in [9.17, 15) is 9.18 Å². The monoisotopic (exact) mass is 463 g/mol. The Labute approximate surface area is 194 Å². The van der Waals surface area contributed by atoms with E-state index < -0.39 is 11.6 Å². The van der Waals surface area contributed by atoms with Crippen LogP contribution in [0.15, 0.2) is 60.8 Å². The summed E-state index contributed by atoms with van der Waals surface area (Å²) >= 11 is 1.42. The molecule has 2 aromatic heterocycles. The second-order valence-corrected chi connectivity index (χ2v) is 9.38. The standard InChI is InChI=1S/C25H22FN3O3S/c1-25(2)31-14-18(32-25)11-15-12-19(26)22(27-13-15)16-7-9-17(10-8-16)23(30)29-24-28-20-5-3-4-6-21(20)33-24/h3-10,12-13,18H,11,14H2,1-2H3,(H,28,29,30)/t18-/m0/s1. The third-order valence-corrected chi connectivity index (χ3v) is 6.32. The molecule has 33 heavy (non-hydrogen) atoms. The Morgan fingerprint density at radius 3 is 2.70 bits per heavy atom. The summed E-state index contributed by atoms with van der Waals surface area (Å²) in [5, 5.41) is 3.36. The largest absolute Gasteiger partial charge is 0.348 e. The first kappa shape index (κ1) is 21.6. The molecule has 1 saturated heterocycles. The third-order valence-electron chi connectivity index (χ3n) is 5.36. The number of nitrogens with zero attached hydrogens (tertiary/aromatic N) is 2. The minimum atomic E-state index is -0.613. The van der Waals surface area contributed by atoms with Crippen LogP contribution in [0.1, 0.15) is 29.8 Å². The summed E-state index contributed by atoms with van der Waals surface area (Å²) in [6.45, 7) is 4.19. The number of ether oxygens (including phenoxy) is 2. The highest BCUT2D eigenvalue weighted by Crippen LogP contribution is 2.28. The summed E-state index contributed by atoms with van der Waals surface area (Å²) in [5.41, 5.74) is 2.87. The highest BCUT2D eigenvalue weighted by atomic mass is 32.1. The van der Waals surface area contributed by atoms with Gasteiger partial charge in [-0.3, -0.25) is 15.1 Å². The third kappa shape index (κ3) is 4.78. The minimum Gasteiger partial charge on any atom is -0.348 e. The van der Waals surface area contributed by atoms with Gasteiger partial charge < -0.3 is 9.47 Å². The van der Waals surface area contributed by atoms with Gasteiger partial charge in [-0.15, -0.1) is 0 Å². The molecule has 0 saturated carbocycles. The van der Waals surface area contributed by atoms with Crippen LogP contribution in [0, 0.1) is 5.82 Å². The van der Waals surface area contributed by atoms with Crippen molar-refractivity contribution in [1.29, 1.82) is 0 Å². The van der Waals surface area contributed by atoms with Gasteiger partial charge in [-0.1, -0.05) is 35.6 Å². The summed E-state index contributed by atoms with van der Waals surface area (Å²) in [6, 6.07) is 15.9. The molecule has 1 N–H and O–H groups in total. The lowest BCUT2D eigenvalue weighted by Gasteiger charge is -2.17. The van der Waals surface area contributed by atoms with Gasteiger partial charge in [-0.05, 0) is 49.7 Å². The number of nitrogens with one attached hydrogen (secondary N) is 1. The SMILES string of the molecule is CC1(C)OC[C@H](Cc2cnc(-c3ccc(C(=O)Nc4nc5ccccc5s4)cc3)c(F)c2)O1. The second kappa shape index (κ2) is 8.62. The zero-order chi connectivity index (χ0) is 23.0. The van der Waals surface area contributed by atoms with Crippen LogP contribution < -0.4 is 5.32 Å². The average molecular weight is 464 g/mol. The number of benzene rings is 2. The molecule has 1 aliphatic heterocycles. The first-order valence-corrected chi connectivity index (χ1v) is 11.4. The maximum Gasteiger partial charge on any atom is 0.257 e. The molecule has 8 heteroatoms. The average Bonchev–Trinajstić information content (AvgIpc) is 3.35. The van der Waals surface area contributed by atoms with E-state index in [0.717, 1.165) is 15.8 Å². The zero-order valence-corrected chi connectivity index (χ0v) is 19.0. The van der Waals surface area contributed by atoms with Crippen molar-refractivity contribution in [2.24, 2.45) is 0 Å². The van der Waals surface area contributed by atoms with E-state index in [1.165, 1.54) is 17.4 Å². The van der Waals surface area contributed by atoms with Crippen molar-refractivity contribution < 1.29 is 18.7 Å². The Morgan fingerprint density at radius 2 is 2.00 bits per heavy atom. The lowest BCUT2D eigenvalue weighted by Crippen LogP contribution is -2.22. The van der Waals surface area contributed by atoms with E-state index >= 15 is 0 Å². The van der Waals surface area contributed by atoms with E-state index in [1.54, 1.807) is 30.5 Å². The van der Waals surface area contributed by atoms with Gasteiger partial charge in [0.1, 0.15) is 11.5 Å². The fourth-order valence-electron chi connectivity index (χ4n) is 3.80. The van der Waals surface area contributed by atoms with Gasteiger partial charge in [0.25, 0.3) is 5.91 Å². The van der Waals surface area contributed by atoms with E-state index in [-0.39, 0.29) is 17.7 Å². The van der Waals surface area contributed by atoms with Gasteiger partial charge in [0.15, 0.2) is 10.9 Å². The van der Waals surface area contributed by atoms with Gasteiger partial charge in [-0.2, -0.15) is 0 Å². The summed E-state index contributed by atoms with van der Waals surface area (Å²) in [4.78, 5) is 21.3. The van der Waals surface area contributed by atoms with Crippen LogP contribution in [-0.2, 0) is 15.9 Å². The molecular weight excluding hydrogens is 441 g/mol. The predicted molar refractivity (Wildman–Crippen MR) is 126 cm³/mol. The summed E-state index contributed by atoms with van der Waals surface area (Å²) < 4.78 is 27.1. The summed E-state index contributed by atoms with van der Waals surface area (Å²) in [7, 11) is 0. The van der Waals surface area contributed by atoms with Crippen LogP contribution in [0.3, 0.4) is 0 Å².